The average Bonchev–Trinajstić information content (AvgIpc) is 3.11. The zero-order valence-corrected chi connectivity index (χ0v) is 15.2. The normalized spacial score (nSPS) is 23.6. The largest absolute Gasteiger partial charge is 0.302 e. The summed E-state index contributed by atoms with van der Waals surface area (Å²) in [5.41, 5.74) is 1.38. The highest BCUT2D eigenvalue weighted by Crippen LogP contribution is 2.16. The zero-order chi connectivity index (χ0) is 16.8. The van der Waals surface area contributed by atoms with Gasteiger partial charge in [0.2, 0.25) is 0 Å². The molecule has 0 saturated carbocycles. The molecule has 134 valence electrons. The molecule has 1 unspecified atom stereocenters. The van der Waals surface area contributed by atoms with Crippen LogP contribution in [0.2, 0.25) is 0 Å². The minimum Gasteiger partial charge on any atom is -0.302 e. The summed E-state index contributed by atoms with van der Waals surface area (Å²) in [6.45, 7) is 4.29. The topological polar surface area (TPSA) is 52.7 Å². The van der Waals surface area contributed by atoms with E-state index in [9.17, 15) is 8.42 Å². The first-order valence-electron chi connectivity index (χ1n) is 9.17. The fraction of sp³-hybridized carbons (Fsp3) is 0.667. The van der Waals surface area contributed by atoms with E-state index in [1.165, 1.54) is 5.56 Å². The summed E-state index contributed by atoms with van der Waals surface area (Å²) >= 11 is 0. The lowest BCUT2D eigenvalue weighted by Gasteiger charge is -2.33. The molecule has 1 atom stereocenters. The summed E-state index contributed by atoms with van der Waals surface area (Å²) < 4.78 is 29.3. The number of nitrogens with zero attached hydrogens (tertiary/aromatic N) is 2. The molecular weight excluding hydrogens is 322 g/mol. The molecule has 0 bridgehead atoms. The Labute approximate surface area is 146 Å². The Morgan fingerprint density at radius 2 is 1.79 bits per heavy atom. The lowest BCUT2D eigenvalue weighted by Crippen LogP contribution is -2.51. The van der Waals surface area contributed by atoms with E-state index < -0.39 is 10.2 Å². The van der Waals surface area contributed by atoms with Crippen molar-refractivity contribution in [3.05, 3.63) is 35.9 Å². The van der Waals surface area contributed by atoms with Gasteiger partial charge in [-0.25, -0.2) is 0 Å². The van der Waals surface area contributed by atoms with Gasteiger partial charge in [-0.05, 0) is 57.2 Å². The van der Waals surface area contributed by atoms with Gasteiger partial charge in [0.1, 0.15) is 0 Å². The van der Waals surface area contributed by atoms with Crippen LogP contribution in [0.1, 0.15) is 37.7 Å². The van der Waals surface area contributed by atoms with Crippen molar-refractivity contribution < 1.29 is 8.42 Å². The first kappa shape index (κ1) is 17.9. The number of hydrogen-bond donors (Lipinski definition) is 1. The van der Waals surface area contributed by atoms with E-state index in [-0.39, 0.29) is 6.04 Å². The molecule has 0 radical (unpaired) electrons. The van der Waals surface area contributed by atoms with Crippen molar-refractivity contribution in [2.45, 2.75) is 44.6 Å². The first-order valence-corrected chi connectivity index (χ1v) is 10.6. The van der Waals surface area contributed by atoms with Crippen LogP contribution in [-0.2, 0) is 16.6 Å². The molecule has 1 aromatic carbocycles. The van der Waals surface area contributed by atoms with Crippen molar-refractivity contribution in [1.82, 2.24) is 13.9 Å². The van der Waals surface area contributed by atoms with Crippen LogP contribution < -0.4 is 4.72 Å². The fourth-order valence-corrected chi connectivity index (χ4v) is 5.22. The van der Waals surface area contributed by atoms with Crippen LogP contribution in [0.5, 0.6) is 0 Å². The van der Waals surface area contributed by atoms with Gasteiger partial charge < -0.3 is 4.90 Å². The lowest BCUT2D eigenvalue weighted by atomic mass is 10.1. The summed E-state index contributed by atoms with van der Waals surface area (Å²) in [6.07, 6.45) is 6.19. The molecule has 2 saturated heterocycles. The predicted molar refractivity (Wildman–Crippen MR) is 97.1 cm³/mol. The van der Waals surface area contributed by atoms with Crippen molar-refractivity contribution in [2.24, 2.45) is 0 Å². The van der Waals surface area contributed by atoms with Gasteiger partial charge in [0.25, 0.3) is 10.2 Å². The third kappa shape index (κ3) is 5.02. The number of nitrogens with one attached hydrogen (secondary N) is 1. The molecule has 3 rings (SSSR count). The van der Waals surface area contributed by atoms with Crippen molar-refractivity contribution in [3.63, 3.8) is 0 Å². The van der Waals surface area contributed by atoms with Crippen LogP contribution in [-0.4, -0.2) is 56.4 Å². The van der Waals surface area contributed by atoms with Crippen LogP contribution in [0.25, 0.3) is 0 Å². The molecule has 0 amide bonds. The van der Waals surface area contributed by atoms with E-state index in [4.69, 9.17) is 0 Å². The molecule has 2 aliphatic rings. The first-order chi connectivity index (χ1) is 11.6. The Balaban J connectivity index is 1.44. The van der Waals surface area contributed by atoms with Gasteiger partial charge in [-0.1, -0.05) is 30.3 Å². The molecule has 24 heavy (non-hydrogen) atoms. The van der Waals surface area contributed by atoms with Gasteiger partial charge in [-0.3, -0.25) is 0 Å². The maximum Gasteiger partial charge on any atom is 0.279 e. The predicted octanol–water partition coefficient (Wildman–Crippen LogP) is 2.01. The maximum atomic E-state index is 12.4. The Morgan fingerprint density at radius 1 is 1.04 bits per heavy atom. The van der Waals surface area contributed by atoms with Gasteiger partial charge in [0.05, 0.1) is 0 Å². The highest BCUT2D eigenvalue weighted by molar-refractivity contribution is 7.87. The molecule has 0 aromatic heterocycles. The zero-order valence-electron chi connectivity index (χ0n) is 14.4. The molecular formula is C18H29N3O2S. The molecule has 2 fully saturated rings. The molecule has 6 heteroatoms. The number of benzene rings is 1. The van der Waals surface area contributed by atoms with Gasteiger partial charge in [0, 0.05) is 25.7 Å². The summed E-state index contributed by atoms with van der Waals surface area (Å²) in [4.78, 5) is 2.41. The molecule has 0 spiro atoms. The van der Waals surface area contributed by atoms with Crippen LogP contribution in [0.3, 0.4) is 0 Å². The number of likely N-dealkylation sites (tertiary alicyclic amines) is 1. The van der Waals surface area contributed by atoms with Crippen LogP contribution in [0.15, 0.2) is 30.3 Å². The van der Waals surface area contributed by atoms with E-state index in [0.717, 1.165) is 58.2 Å². The number of aryl methyl sites for hydroxylation is 1. The minimum atomic E-state index is -3.29. The molecule has 5 nitrogen and oxygen atoms in total. The SMILES string of the molecule is O=S(=O)(NC1CCCN(CCCc2ccccc2)C1)N1CCCC1. The summed E-state index contributed by atoms with van der Waals surface area (Å²) in [6, 6.07) is 10.6. The van der Waals surface area contributed by atoms with Crippen molar-refractivity contribution in [1.29, 1.82) is 0 Å². The van der Waals surface area contributed by atoms with Gasteiger partial charge >= 0.3 is 0 Å². The van der Waals surface area contributed by atoms with Gasteiger partial charge in [0.15, 0.2) is 0 Å². The third-order valence-corrected chi connectivity index (χ3v) is 6.68. The highest BCUT2D eigenvalue weighted by atomic mass is 32.2. The fourth-order valence-electron chi connectivity index (χ4n) is 3.72. The van der Waals surface area contributed by atoms with E-state index in [1.54, 1.807) is 4.31 Å². The second-order valence-electron chi connectivity index (χ2n) is 6.96. The summed E-state index contributed by atoms with van der Waals surface area (Å²) in [5.74, 6) is 0. The Bertz CT molecular complexity index is 600. The Kier molecular flexibility index (Phi) is 6.27. The molecule has 1 aromatic rings. The molecule has 2 aliphatic heterocycles. The van der Waals surface area contributed by atoms with E-state index in [0.29, 0.717) is 13.1 Å². The van der Waals surface area contributed by atoms with Crippen molar-refractivity contribution in [2.75, 3.05) is 32.7 Å². The quantitative estimate of drug-likeness (QED) is 0.818. The molecule has 0 aliphatic carbocycles. The Morgan fingerprint density at radius 3 is 2.54 bits per heavy atom. The summed E-state index contributed by atoms with van der Waals surface area (Å²) in [7, 11) is -3.29. The standard InChI is InChI=1S/C18H29N3O2S/c22-24(23,21-14-4-5-15-21)19-18-11-7-13-20(16-18)12-6-10-17-8-2-1-3-9-17/h1-3,8-9,18-19H,4-7,10-16H2. The van der Waals surface area contributed by atoms with Gasteiger partial charge in [-0.15, -0.1) is 0 Å². The second-order valence-corrected chi connectivity index (χ2v) is 8.66. The Hall–Kier alpha value is -0.950. The smallest absolute Gasteiger partial charge is 0.279 e. The monoisotopic (exact) mass is 351 g/mol. The maximum absolute atomic E-state index is 12.4. The number of rotatable bonds is 7. The lowest BCUT2D eigenvalue weighted by molar-refractivity contribution is 0.199. The third-order valence-electron chi connectivity index (χ3n) is 5.01. The van der Waals surface area contributed by atoms with Gasteiger partial charge in [-0.2, -0.15) is 17.4 Å². The number of hydrogen-bond acceptors (Lipinski definition) is 3. The van der Waals surface area contributed by atoms with Crippen LogP contribution in [0, 0.1) is 0 Å². The van der Waals surface area contributed by atoms with Crippen LogP contribution in [0.4, 0.5) is 0 Å². The van der Waals surface area contributed by atoms with E-state index in [1.807, 2.05) is 6.07 Å². The molecule has 2 heterocycles. The van der Waals surface area contributed by atoms with Crippen LogP contribution >= 0.6 is 0 Å². The molecule has 1 N–H and O–H groups in total. The van der Waals surface area contributed by atoms with E-state index >= 15 is 0 Å². The average molecular weight is 352 g/mol. The van der Waals surface area contributed by atoms with E-state index in [2.05, 4.69) is 33.9 Å². The second kappa shape index (κ2) is 8.43. The van der Waals surface area contributed by atoms with Crippen molar-refractivity contribution in [3.8, 4) is 0 Å². The highest BCUT2D eigenvalue weighted by Gasteiger charge is 2.29. The minimum absolute atomic E-state index is 0.0566. The van der Waals surface area contributed by atoms with Crippen molar-refractivity contribution >= 4 is 10.2 Å². The summed E-state index contributed by atoms with van der Waals surface area (Å²) in [5, 5.41) is 0. The number of piperidine rings is 1.